The van der Waals surface area contributed by atoms with Crippen molar-refractivity contribution in [1.29, 1.82) is 5.26 Å². The lowest BCUT2D eigenvalue weighted by atomic mass is 10.2. The van der Waals surface area contributed by atoms with Crippen LogP contribution in [0.1, 0.15) is 16.8 Å². The van der Waals surface area contributed by atoms with Gasteiger partial charge in [-0.2, -0.15) is 5.26 Å². The van der Waals surface area contributed by atoms with Crippen molar-refractivity contribution in [3.05, 3.63) is 58.4 Å². The molecule has 0 spiro atoms. The first kappa shape index (κ1) is 12.4. The standard InChI is InChI=1S/C14H12ClN3/c1-10-2-3-11(8-17-10)9-18-13-4-5-14(15)12(6-13)7-16/h2-6,8,18H,9H2,1H3. The number of aromatic nitrogens is 1. The molecule has 18 heavy (non-hydrogen) atoms. The third kappa shape index (κ3) is 2.99. The quantitative estimate of drug-likeness (QED) is 0.915. The van der Waals surface area contributed by atoms with Gasteiger partial charge in [0.2, 0.25) is 0 Å². The van der Waals surface area contributed by atoms with Gasteiger partial charge in [0, 0.05) is 24.1 Å². The molecule has 2 rings (SSSR count). The Bertz CT molecular complexity index is 585. The number of anilines is 1. The molecule has 0 aliphatic rings. The number of nitriles is 1. The van der Waals surface area contributed by atoms with Gasteiger partial charge in [0.1, 0.15) is 6.07 Å². The maximum Gasteiger partial charge on any atom is 0.101 e. The summed E-state index contributed by atoms with van der Waals surface area (Å²) in [5.74, 6) is 0. The fraction of sp³-hybridized carbons (Fsp3) is 0.143. The van der Waals surface area contributed by atoms with Gasteiger partial charge in [-0.15, -0.1) is 0 Å². The van der Waals surface area contributed by atoms with Crippen molar-refractivity contribution in [2.24, 2.45) is 0 Å². The number of halogens is 1. The van der Waals surface area contributed by atoms with Gasteiger partial charge in [-0.05, 0) is 36.8 Å². The van der Waals surface area contributed by atoms with Gasteiger partial charge < -0.3 is 5.32 Å². The molecule has 4 heteroatoms. The van der Waals surface area contributed by atoms with Gasteiger partial charge in [-0.25, -0.2) is 0 Å². The fourth-order valence-electron chi connectivity index (χ4n) is 1.53. The molecule has 0 bridgehead atoms. The van der Waals surface area contributed by atoms with Crippen LogP contribution in [0.3, 0.4) is 0 Å². The molecule has 0 atom stereocenters. The summed E-state index contributed by atoms with van der Waals surface area (Å²) in [4.78, 5) is 4.23. The molecule has 0 saturated carbocycles. The van der Waals surface area contributed by atoms with E-state index < -0.39 is 0 Å². The first-order chi connectivity index (χ1) is 8.69. The average Bonchev–Trinajstić information content (AvgIpc) is 2.39. The number of rotatable bonds is 3. The minimum absolute atomic E-state index is 0.472. The van der Waals surface area contributed by atoms with E-state index in [-0.39, 0.29) is 0 Å². The minimum Gasteiger partial charge on any atom is -0.381 e. The summed E-state index contributed by atoms with van der Waals surface area (Å²) in [5.41, 5.74) is 3.44. The number of benzene rings is 1. The van der Waals surface area contributed by atoms with Crippen LogP contribution in [-0.2, 0) is 6.54 Å². The Kier molecular flexibility index (Phi) is 3.81. The lowest BCUT2D eigenvalue weighted by molar-refractivity contribution is 1.08. The van der Waals surface area contributed by atoms with Gasteiger partial charge in [0.05, 0.1) is 10.6 Å². The highest BCUT2D eigenvalue weighted by molar-refractivity contribution is 6.31. The summed E-state index contributed by atoms with van der Waals surface area (Å²) in [5, 5.41) is 12.6. The normalized spacial score (nSPS) is 9.83. The second-order valence-corrected chi connectivity index (χ2v) is 4.38. The Morgan fingerprint density at radius 3 is 2.83 bits per heavy atom. The molecule has 1 N–H and O–H groups in total. The first-order valence-corrected chi connectivity index (χ1v) is 5.92. The van der Waals surface area contributed by atoms with E-state index >= 15 is 0 Å². The van der Waals surface area contributed by atoms with Crippen LogP contribution in [0.4, 0.5) is 5.69 Å². The topological polar surface area (TPSA) is 48.7 Å². The van der Waals surface area contributed by atoms with Gasteiger partial charge in [0.25, 0.3) is 0 Å². The van der Waals surface area contributed by atoms with E-state index in [9.17, 15) is 0 Å². The molecular formula is C14H12ClN3. The van der Waals surface area contributed by atoms with E-state index in [0.29, 0.717) is 17.1 Å². The minimum atomic E-state index is 0.472. The predicted octanol–water partition coefficient (Wildman–Crippen LogP) is 3.53. The van der Waals surface area contributed by atoms with Crippen molar-refractivity contribution in [3.8, 4) is 6.07 Å². The number of pyridine rings is 1. The number of nitrogens with zero attached hydrogens (tertiary/aromatic N) is 2. The molecule has 0 saturated heterocycles. The Morgan fingerprint density at radius 2 is 2.17 bits per heavy atom. The zero-order valence-electron chi connectivity index (χ0n) is 9.94. The summed E-state index contributed by atoms with van der Waals surface area (Å²) in [6.45, 7) is 2.62. The molecule has 90 valence electrons. The second kappa shape index (κ2) is 5.52. The highest BCUT2D eigenvalue weighted by Crippen LogP contribution is 2.20. The first-order valence-electron chi connectivity index (χ1n) is 5.54. The van der Waals surface area contributed by atoms with Crippen LogP contribution in [0.5, 0.6) is 0 Å². The zero-order valence-corrected chi connectivity index (χ0v) is 10.7. The molecule has 1 aromatic carbocycles. The number of hydrogen-bond donors (Lipinski definition) is 1. The van der Waals surface area contributed by atoms with Crippen molar-refractivity contribution in [2.75, 3.05) is 5.32 Å². The van der Waals surface area contributed by atoms with Crippen LogP contribution in [0.25, 0.3) is 0 Å². The molecule has 0 radical (unpaired) electrons. The third-order valence-electron chi connectivity index (χ3n) is 2.56. The largest absolute Gasteiger partial charge is 0.381 e. The molecule has 0 unspecified atom stereocenters. The molecule has 1 aromatic heterocycles. The van der Waals surface area contributed by atoms with Gasteiger partial charge in [-0.3, -0.25) is 4.98 Å². The van der Waals surface area contributed by atoms with Gasteiger partial charge in [0.15, 0.2) is 0 Å². The maximum atomic E-state index is 8.89. The predicted molar refractivity (Wildman–Crippen MR) is 72.5 cm³/mol. The van der Waals surface area contributed by atoms with E-state index in [1.165, 1.54) is 0 Å². The summed E-state index contributed by atoms with van der Waals surface area (Å²) >= 11 is 5.87. The monoisotopic (exact) mass is 257 g/mol. The van der Waals surface area contributed by atoms with Crippen LogP contribution in [0.2, 0.25) is 5.02 Å². The van der Waals surface area contributed by atoms with E-state index in [1.54, 1.807) is 12.1 Å². The molecule has 1 heterocycles. The van der Waals surface area contributed by atoms with Crippen LogP contribution in [0, 0.1) is 18.3 Å². The number of nitrogens with one attached hydrogen (secondary N) is 1. The molecule has 0 fully saturated rings. The van der Waals surface area contributed by atoms with Crippen LogP contribution >= 0.6 is 11.6 Å². The Labute approximate surface area is 111 Å². The van der Waals surface area contributed by atoms with Crippen molar-refractivity contribution >= 4 is 17.3 Å². The summed E-state index contributed by atoms with van der Waals surface area (Å²) in [6.07, 6.45) is 1.84. The molecular weight excluding hydrogens is 246 g/mol. The smallest absolute Gasteiger partial charge is 0.101 e. The third-order valence-corrected chi connectivity index (χ3v) is 2.89. The SMILES string of the molecule is Cc1ccc(CNc2ccc(Cl)c(C#N)c2)cn1. The zero-order chi connectivity index (χ0) is 13.0. The fourth-order valence-corrected chi connectivity index (χ4v) is 1.69. The average molecular weight is 258 g/mol. The van der Waals surface area contributed by atoms with Crippen molar-refractivity contribution in [2.45, 2.75) is 13.5 Å². The van der Waals surface area contributed by atoms with Crippen molar-refractivity contribution in [3.63, 3.8) is 0 Å². The Morgan fingerprint density at radius 1 is 1.33 bits per heavy atom. The highest BCUT2D eigenvalue weighted by atomic mass is 35.5. The van der Waals surface area contributed by atoms with E-state index in [2.05, 4.69) is 16.4 Å². The lowest BCUT2D eigenvalue weighted by Gasteiger charge is -2.07. The van der Waals surface area contributed by atoms with Gasteiger partial charge >= 0.3 is 0 Å². The van der Waals surface area contributed by atoms with E-state index in [4.69, 9.17) is 16.9 Å². The Balaban J connectivity index is 2.06. The second-order valence-electron chi connectivity index (χ2n) is 3.97. The van der Waals surface area contributed by atoms with Crippen molar-refractivity contribution < 1.29 is 0 Å². The van der Waals surface area contributed by atoms with E-state index in [1.807, 2.05) is 31.3 Å². The number of aryl methyl sites for hydroxylation is 1. The van der Waals surface area contributed by atoms with Crippen LogP contribution in [-0.4, -0.2) is 4.98 Å². The molecule has 2 aromatic rings. The molecule has 0 amide bonds. The molecule has 3 nitrogen and oxygen atoms in total. The molecule has 0 aliphatic heterocycles. The highest BCUT2D eigenvalue weighted by Gasteiger charge is 2.01. The number of hydrogen-bond acceptors (Lipinski definition) is 3. The van der Waals surface area contributed by atoms with Crippen molar-refractivity contribution in [1.82, 2.24) is 4.98 Å². The lowest BCUT2D eigenvalue weighted by Crippen LogP contribution is -2.00. The Hall–Kier alpha value is -2.05. The summed E-state index contributed by atoms with van der Waals surface area (Å²) in [7, 11) is 0. The molecule has 0 aliphatic carbocycles. The van der Waals surface area contributed by atoms with Crippen LogP contribution in [0.15, 0.2) is 36.5 Å². The summed E-state index contributed by atoms with van der Waals surface area (Å²) in [6, 6.07) is 11.4. The van der Waals surface area contributed by atoms with Crippen LogP contribution < -0.4 is 5.32 Å². The van der Waals surface area contributed by atoms with E-state index in [0.717, 1.165) is 16.9 Å². The maximum absolute atomic E-state index is 8.89. The summed E-state index contributed by atoms with van der Waals surface area (Å²) < 4.78 is 0. The van der Waals surface area contributed by atoms with Gasteiger partial charge in [-0.1, -0.05) is 17.7 Å².